The van der Waals surface area contributed by atoms with Gasteiger partial charge in [0, 0.05) is 18.8 Å². The lowest BCUT2D eigenvalue weighted by atomic mass is 10.2. The number of aromatic nitrogens is 1. The molecule has 0 spiro atoms. The molecule has 0 saturated heterocycles. The van der Waals surface area contributed by atoms with Crippen molar-refractivity contribution in [2.45, 2.75) is 25.8 Å². The Labute approximate surface area is 90.9 Å². The third kappa shape index (κ3) is 3.51. The highest BCUT2D eigenvalue weighted by atomic mass is 16.5. The maximum absolute atomic E-state index is 5.00. The van der Waals surface area contributed by atoms with E-state index < -0.39 is 0 Å². The third-order valence-electron chi connectivity index (χ3n) is 2.76. The zero-order chi connectivity index (χ0) is 10.5. The lowest BCUT2D eigenvalue weighted by Crippen LogP contribution is -2.15. The largest absolute Gasteiger partial charge is 0.481 e. The summed E-state index contributed by atoms with van der Waals surface area (Å²) in [7, 11) is 1.63. The van der Waals surface area contributed by atoms with Gasteiger partial charge in [0.05, 0.1) is 7.11 Å². The molecule has 0 aliphatic heterocycles. The average molecular weight is 206 g/mol. The van der Waals surface area contributed by atoms with E-state index in [1.54, 1.807) is 7.11 Å². The van der Waals surface area contributed by atoms with Gasteiger partial charge < -0.3 is 10.1 Å². The van der Waals surface area contributed by atoms with Gasteiger partial charge in [-0.3, -0.25) is 0 Å². The van der Waals surface area contributed by atoms with Crippen molar-refractivity contribution in [3.8, 4) is 5.88 Å². The Hall–Kier alpha value is -1.09. The van der Waals surface area contributed by atoms with Crippen molar-refractivity contribution in [3.63, 3.8) is 0 Å². The summed E-state index contributed by atoms with van der Waals surface area (Å²) in [4.78, 5) is 4.16. The summed E-state index contributed by atoms with van der Waals surface area (Å²) in [5, 5.41) is 3.43. The predicted molar refractivity (Wildman–Crippen MR) is 59.8 cm³/mol. The second kappa shape index (κ2) is 5.12. The van der Waals surface area contributed by atoms with Crippen LogP contribution in [0.25, 0.3) is 0 Å². The Balaban J connectivity index is 1.67. The summed E-state index contributed by atoms with van der Waals surface area (Å²) in [6.07, 6.45) is 6.06. The van der Waals surface area contributed by atoms with E-state index in [0.717, 1.165) is 19.0 Å². The fraction of sp³-hybridized carbons (Fsp3) is 0.583. The Bertz CT molecular complexity index is 293. The van der Waals surface area contributed by atoms with Gasteiger partial charge in [-0.1, -0.05) is 18.9 Å². The highest BCUT2D eigenvalue weighted by molar-refractivity contribution is 5.17. The highest BCUT2D eigenvalue weighted by Crippen LogP contribution is 2.31. The van der Waals surface area contributed by atoms with Crippen LogP contribution in [0.3, 0.4) is 0 Å². The standard InChI is InChI=1S/C12H18N2O/c1-15-12-5-4-11(9-14-12)8-13-7-6-10-2-3-10/h4-5,9-10,13H,2-3,6-8H2,1H3. The molecule has 0 amide bonds. The molecule has 2 rings (SSSR count). The van der Waals surface area contributed by atoms with Crippen molar-refractivity contribution in [1.29, 1.82) is 0 Å². The monoisotopic (exact) mass is 206 g/mol. The Morgan fingerprint density at radius 2 is 2.33 bits per heavy atom. The summed E-state index contributed by atoms with van der Waals surface area (Å²) < 4.78 is 5.00. The van der Waals surface area contributed by atoms with Crippen LogP contribution in [-0.2, 0) is 6.54 Å². The number of rotatable bonds is 6. The summed E-state index contributed by atoms with van der Waals surface area (Å²) >= 11 is 0. The molecule has 3 nitrogen and oxygen atoms in total. The fourth-order valence-electron chi connectivity index (χ4n) is 1.58. The SMILES string of the molecule is COc1ccc(CNCCC2CC2)cn1. The van der Waals surface area contributed by atoms with E-state index >= 15 is 0 Å². The van der Waals surface area contributed by atoms with Crippen LogP contribution >= 0.6 is 0 Å². The molecule has 0 bridgehead atoms. The highest BCUT2D eigenvalue weighted by Gasteiger charge is 2.19. The number of nitrogens with one attached hydrogen (secondary N) is 1. The first-order chi connectivity index (χ1) is 7.38. The molecule has 1 aromatic rings. The van der Waals surface area contributed by atoms with Gasteiger partial charge in [0.15, 0.2) is 0 Å². The van der Waals surface area contributed by atoms with Gasteiger partial charge in [-0.2, -0.15) is 0 Å². The van der Waals surface area contributed by atoms with Crippen LogP contribution in [0.5, 0.6) is 5.88 Å². The predicted octanol–water partition coefficient (Wildman–Crippen LogP) is 1.98. The average Bonchev–Trinajstić information content (AvgIpc) is 3.09. The van der Waals surface area contributed by atoms with E-state index in [9.17, 15) is 0 Å². The number of hydrogen-bond acceptors (Lipinski definition) is 3. The summed E-state index contributed by atoms with van der Waals surface area (Å²) in [5.41, 5.74) is 1.21. The number of hydrogen-bond donors (Lipinski definition) is 1. The third-order valence-corrected chi connectivity index (χ3v) is 2.76. The Kier molecular flexibility index (Phi) is 3.56. The molecule has 0 unspecified atom stereocenters. The molecule has 82 valence electrons. The van der Waals surface area contributed by atoms with Crippen LogP contribution in [0, 0.1) is 5.92 Å². The molecule has 1 N–H and O–H groups in total. The van der Waals surface area contributed by atoms with Crippen molar-refractivity contribution in [3.05, 3.63) is 23.9 Å². The minimum absolute atomic E-state index is 0.678. The van der Waals surface area contributed by atoms with Gasteiger partial charge in [0.2, 0.25) is 5.88 Å². The molecule has 1 aromatic heterocycles. The van der Waals surface area contributed by atoms with Crippen molar-refractivity contribution >= 4 is 0 Å². The second-order valence-electron chi connectivity index (χ2n) is 4.12. The van der Waals surface area contributed by atoms with E-state index in [2.05, 4.69) is 16.4 Å². The molecular weight excluding hydrogens is 188 g/mol. The first kappa shape index (κ1) is 10.4. The molecule has 1 fully saturated rings. The van der Waals surface area contributed by atoms with Gasteiger partial charge in [0.1, 0.15) is 0 Å². The molecule has 3 heteroatoms. The molecule has 1 aliphatic rings. The first-order valence-corrected chi connectivity index (χ1v) is 5.58. The quantitative estimate of drug-likeness (QED) is 0.723. The van der Waals surface area contributed by atoms with Gasteiger partial charge in [0.25, 0.3) is 0 Å². The molecular formula is C12H18N2O. The van der Waals surface area contributed by atoms with Crippen molar-refractivity contribution < 1.29 is 4.74 Å². The normalized spacial score (nSPS) is 15.3. The molecule has 15 heavy (non-hydrogen) atoms. The Morgan fingerprint density at radius 3 is 2.93 bits per heavy atom. The number of nitrogens with zero attached hydrogens (tertiary/aromatic N) is 1. The zero-order valence-electron chi connectivity index (χ0n) is 9.20. The van der Waals surface area contributed by atoms with E-state index in [1.807, 2.05) is 12.3 Å². The number of methoxy groups -OCH3 is 1. The van der Waals surface area contributed by atoms with E-state index in [0.29, 0.717) is 5.88 Å². The van der Waals surface area contributed by atoms with E-state index in [-0.39, 0.29) is 0 Å². The van der Waals surface area contributed by atoms with Crippen LogP contribution in [0.2, 0.25) is 0 Å². The minimum Gasteiger partial charge on any atom is -0.481 e. The van der Waals surface area contributed by atoms with Crippen molar-refractivity contribution in [2.24, 2.45) is 5.92 Å². The number of ether oxygens (including phenoxy) is 1. The Morgan fingerprint density at radius 1 is 1.47 bits per heavy atom. The molecule has 0 aromatic carbocycles. The molecule has 1 aliphatic carbocycles. The maximum atomic E-state index is 5.00. The lowest BCUT2D eigenvalue weighted by molar-refractivity contribution is 0.397. The van der Waals surface area contributed by atoms with Crippen LogP contribution in [0.15, 0.2) is 18.3 Å². The number of pyridine rings is 1. The van der Waals surface area contributed by atoms with Crippen LogP contribution in [0.1, 0.15) is 24.8 Å². The van der Waals surface area contributed by atoms with Crippen LogP contribution < -0.4 is 10.1 Å². The molecule has 1 heterocycles. The van der Waals surface area contributed by atoms with Gasteiger partial charge >= 0.3 is 0 Å². The zero-order valence-corrected chi connectivity index (χ0v) is 9.20. The second-order valence-corrected chi connectivity index (χ2v) is 4.12. The van der Waals surface area contributed by atoms with Crippen LogP contribution in [-0.4, -0.2) is 18.6 Å². The topological polar surface area (TPSA) is 34.1 Å². The van der Waals surface area contributed by atoms with E-state index in [4.69, 9.17) is 4.74 Å². The van der Waals surface area contributed by atoms with Crippen molar-refractivity contribution in [2.75, 3.05) is 13.7 Å². The van der Waals surface area contributed by atoms with Gasteiger partial charge in [-0.15, -0.1) is 0 Å². The van der Waals surface area contributed by atoms with Gasteiger partial charge in [-0.25, -0.2) is 4.98 Å². The van der Waals surface area contributed by atoms with Crippen molar-refractivity contribution in [1.82, 2.24) is 10.3 Å². The molecule has 0 atom stereocenters. The van der Waals surface area contributed by atoms with Gasteiger partial charge in [-0.05, 0) is 24.4 Å². The molecule has 0 radical (unpaired) electrons. The first-order valence-electron chi connectivity index (χ1n) is 5.58. The minimum atomic E-state index is 0.678. The van der Waals surface area contributed by atoms with E-state index in [1.165, 1.54) is 24.8 Å². The van der Waals surface area contributed by atoms with Crippen LogP contribution in [0.4, 0.5) is 0 Å². The molecule has 1 saturated carbocycles. The summed E-state index contributed by atoms with van der Waals surface area (Å²) in [5.74, 6) is 1.68. The summed E-state index contributed by atoms with van der Waals surface area (Å²) in [6.45, 7) is 2.03. The smallest absolute Gasteiger partial charge is 0.212 e. The lowest BCUT2D eigenvalue weighted by Gasteiger charge is -2.04. The summed E-state index contributed by atoms with van der Waals surface area (Å²) in [6, 6.07) is 3.95. The maximum Gasteiger partial charge on any atom is 0.212 e. The fourth-order valence-corrected chi connectivity index (χ4v) is 1.58.